The minimum absolute atomic E-state index is 0.0289. The van der Waals surface area contributed by atoms with E-state index >= 15 is 0 Å². The molecular formula is C18H26N4O. The molecular weight excluding hydrogens is 288 g/mol. The molecule has 1 aromatic carbocycles. The molecule has 0 atom stereocenters. The molecule has 5 heteroatoms. The Morgan fingerprint density at radius 3 is 2.57 bits per heavy atom. The normalized spacial score (nSPS) is 11.0. The fraction of sp³-hybridized carbons (Fsp3) is 0.444. The van der Waals surface area contributed by atoms with Crippen LogP contribution in [0.3, 0.4) is 0 Å². The van der Waals surface area contributed by atoms with Crippen molar-refractivity contribution in [3.05, 3.63) is 52.8 Å². The van der Waals surface area contributed by atoms with E-state index in [2.05, 4.69) is 46.6 Å². The summed E-state index contributed by atoms with van der Waals surface area (Å²) >= 11 is 0. The lowest BCUT2D eigenvalue weighted by molar-refractivity contribution is 0.0950. The maximum Gasteiger partial charge on any atom is 0.255 e. The van der Waals surface area contributed by atoms with Crippen molar-refractivity contribution >= 4 is 5.91 Å². The van der Waals surface area contributed by atoms with E-state index in [0.29, 0.717) is 12.1 Å². The molecule has 23 heavy (non-hydrogen) atoms. The van der Waals surface area contributed by atoms with Crippen molar-refractivity contribution in [1.82, 2.24) is 20.0 Å². The Balaban J connectivity index is 1.74. The highest BCUT2D eigenvalue weighted by molar-refractivity contribution is 5.96. The van der Waals surface area contributed by atoms with Crippen LogP contribution in [0.1, 0.15) is 33.7 Å². The zero-order valence-corrected chi connectivity index (χ0v) is 14.5. The first kappa shape index (κ1) is 17.2. The van der Waals surface area contributed by atoms with Crippen molar-refractivity contribution in [2.45, 2.75) is 26.8 Å². The molecule has 124 valence electrons. The van der Waals surface area contributed by atoms with Crippen molar-refractivity contribution in [1.29, 1.82) is 0 Å². The highest BCUT2D eigenvalue weighted by Crippen LogP contribution is 2.11. The molecule has 0 fully saturated rings. The number of hydrogen-bond acceptors (Lipinski definition) is 3. The van der Waals surface area contributed by atoms with Crippen LogP contribution in [0.15, 0.2) is 30.3 Å². The number of nitrogens with one attached hydrogen (secondary N) is 1. The van der Waals surface area contributed by atoms with Gasteiger partial charge in [-0.3, -0.25) is 9.48 Å². The molecule has 1 heterocycles. The van der Waals surface area contributed by atoms with E-state index in [9.17, 15) is 4.79 Å². The number of aromatic nitrogens is 2. The average Bonchev–Trinajstić information content (AvgIpc) is 2.77. The van der Waals surface area contributed by atoms with Gasteiger partial charge in [-0.05, 0) is 39.4 Å². The van der Waals surface area contributed by atoms with Crippen molar-refractivity contribution in [2.75, 3.05) is 20.1 Å². The summed E-state index contributed by atoms with van der Waals surface area (Å²) in [5.74, 6) is -0.0289. The summed E-state index contributed by atoms with van der Waals surface area (Å²) in [5, 5.41) is 7.28. The van der Waals surface area contributed by atoms with Crippen LogP contribution in [-0.2, 0) is 13.6 Å². The van der Waals surface area contributed by atoms with Crippen molar-refractivity contribution in [2.24, 2.45) is 7.05 Å². The topological polar surface area (TPSA) is 50.2 Å². The Morgan fingerprint density at radius 1 is 1.26 bits per heavy atom. The number of rotatable bonds is 7. The van der Waals surface area contributed by atoms with E-state index in [1.165, 1.54) is 5.56 Å². The van der Waals surface area contributed by atoms with E-state index in [1.54, 1.807) is 4.68 Å². The van der Waals surface area contributed by atoms with Gasteiger partial charge in [0.05, 0.1) is 11.3 Å². The summed E-state index contributed by atoms with van der Waals surface area (Å²) in [6.45, 7) is 6.33. The highest BCUT2D eigenvalue weighted by atomic mass is 16.1. The second kappa shape index (κ2) is 7.92. The number of hydrogen-bond donors (Lipinski definition) is 1. The predicted molar refractivity (Wildman–Crippen MR) is 92.4 cm³/mol. The molecule has 0 saturated carbocycles. The van der Waals surface area contributed by atoms with Gasteiger partial charge in [0, 0.05) is 25.8 Å². The number of benzene rings is 1. The minimum Gasteiger partial charge on any atom is -0.352 e. The third-order valence-electron chi connectivity index (χ3n) is 4.03. The number of amides is 1. The lowest BCUT2D eigenvalue weighted by Gasteiger charge is -2.16. The number of aryl methyl sites for hydroxylation is 2. The van der Waals surface area contributed by atoms with Crippen molar-refractivity contribution in [3.63, 3.8) is 0 Å². The molecule has 2 rings (SSSR count). The molecule has 1 N–H and O–H groups in total. The van der Waals surface area contributed by atoms with Crippen LogP contribution >= 0.6 is 0 Å². The van der Waals surface area contributed by atoms with Gasteiger partial charge in [-0.1, -0.05) is 30.3 Å². The largest absolute Gasteiger partial charge is 0.352 e. The van der Waals surface area contributed by atoms with E-state index in [0.717, 1.165) is 30.9 Å². The number of carbonyl (C=O) groups excluding carboxylic acids is 1. The number of carbonyl (C=O) groups is 1. The summed E-state index contributed by atoms with van der Waals surface area (Å²) in [4.78, 5) is 14.5. The predicted octanol–water partition coefficient (Wildman–Crippen LogP) is 2.29. The summed E-state index contributed by atoms with van der Waals surface area (Å²) < 4.78 is 1.75. The molecule has 2 aromatic rings. The molecule has 0 aliphatic rings. The summed E-state index contributed by atoms with van der Waals surface area (Å²) in [6, 6.07) is 10.4. The summed E-state index contributed by atoms with van der Waals surface area (Å²) in [5.41, 5.74) is 3.69. The Bertz CT molecular complexity index is 649. The molecule has 0 aliphatic carbocycles. The Kier molecular flexibility index (Phi) is 5.93. The van der Waals surface area contributed by atoms with Crippen LogP contribution in [0.4, 0.5) is 0 Å². The molecule has 0 bridgehead atoms. The van der Waals surface area contributed by atoms with E-state index in [4.69, 9.17) is 0 Å². The average molecular weight is 314 g/mol. The van der Waals surface area contributed by atoms with E-state index < -0.39 is 0 Å². The van der Waals surface area contributed by atoms with Gasteiger partial charge in [-0.2, -0.15) is 5.10 Å². The number of nitrogens with zero attached hydrogens (tertiary/aromatic N) is 3. The second-order valence-corrected chi connectivity index (χ2v) is 6.00. The molecule has 0 radical (unpaired) electrons. The third kappa shape index (κ3) is 4.66. The fourth-order valence-electron chi connectivity index (χ4n) is 2.72. The quantitative estimate of drug-likeness (QED) is 0.798. The van der Waals surface area contributed by atoms with Gasteiger partial charge >= 0.3 is 0 Å². The lowest BCUT2D eigenvalue weighted by atomic mass is 10.2. The molecule has 1 aromatic heterocycles. The molecule has 0 unspecified atom stereocenters. The van der Waals surface area contributed by atoms with Gasteiger partial charge < -0.3 is 10.2 Å². The van der Waals surface area contributed by atoms with Gasteiger partial charge in [0.25, 0.3) is 5.91 Å². The lowest BCUT2D eigenvalue weighted by Crippen LogP contribution is -2.28. The minimum atomic E-state index is -0.0289. The summed E-state index contributed by atoms with van der Waals surface area (Å²) in [6.07, 6.45) is 0.924. The van der Waals surface area contributed by atoms with Gasteiger partial charge in [0.1, 0.15) is 0 Å². The van der Waals surface area contributed by atoms with Crippen LogP contribution in [0.2, 0.25) is 0 Å². The van der Waals surface area contributed by atoms with E-state index in [-0.39, 0.29) is 5.91 Å². The van der Waals surface area contributed by atoms with Gasteiger partial charge in [0.15, 0.2) is 0 Å². The zero-order valence-electron chi connectivity index (χ0n) is 14.5. The van der Waals surface area contributed by atoms with Gasteiger partial charge in [-0.15, -0.1) is 0 Å². The highest BCUT2D eigenvalue weighted by Gasteiger charge is 2.16. The first-order chi connectivity index (χ1) is 11.0. The summed E-state index contributed by atoms with van der Waals surface area (Å²) in [7, 11) is 3.96. The second-order valence-electron chi connectivity index (χ2n) is 6.00. The standard InChI is InChI=1S/C18H26N4O/c1-14-17(15(2)22(4)20-14)18(23)19-11-8-12-21(3)13-16-9-6-5-7-10-16/h5-7,9-10H,8,11-13H2,1-4H3,(H,19,23). The van der Waals surface area contributed by atoms with Crippen molar-refractivity contribution in [3.8, 4) is 0 Å². The van der Waals surface area contributed by atoms with Gasteiger partial charge in [0.2, 0.25) is 0 Å². The Morgan fingerprint density at radius 2 is 1.96 bits per heavy atom. The molecule has 0 saturated heterocycles. The Labute approximate surface area is 138 Å². The molecule has 5 nitrogen and oxygen atoms in total. The smallest absolute Gasteiger partial charge is 0.255 e. The Hall–Kier alpha value is -2.14. The van der Waals surface area contributed by atoms with Crippen molar-refractivity contribution < 1.29 is 4.79 Å². The fourth-order valence-corrected chi connectivity index (χ4v) is 2.72. The van der Waals surface area contributed by atoms with Crippen LogP contribution in [0.25, 0.3) is 0 Å². The third-order valence-corrected chi connectivity index (χ3v) is 4.03. The zero-order chi connectivity index (χ0) is 16.8. The maximum atomic E-state index is 12.3. The SMILES string of the molecule is Cc1nn(C)c(C)c1C(=O)NCCCN(C)Cc1ccccc1. The first-order valence-electron chi connectivity index (χ1n) is 8.00. The van der Waals surface area contributed by atoms with Crippen LogP contribution < -0.4 is 5.32 Å². The maximum absolute atomic E-state index is 12.3. The van der Waals surface area contributed by atoms with Crippen LogP contribution in [0, 0.1) is 13.8 Å². The first-order valence-corrected chi connectivity index (χ1v) is 8.00. The van der Waals surface area contributed by atoms with Gasteiger partial charge in [-0.25, -0.2) is 0 Å². The monoisotopic (exact) mass is 314 g/mol. The van der Waals surface area contributed by atoms with E-state index in [1.807, 2.05) is 27.0 Å². The molecule has 0 aliphatic heterocycles. The van der Waals surface area contributed by atoms with Crippen LogP contribution in [-0.4, -0.2) is 40.7 Å². The molecule has 1 amide bonds. The molecule has 0 spiro atoms. The van der Waals surface area contributed by atoms with Crippen LogP contribution in [0.5, 0.6) is 0 Å².